The molecule has 0 aromatic carbocycles. The number of carbonyl (C=O) groups excluding carboxylic acids is 1. The third-order valence-electron chi connectivity index (χ3n) is 4.51. The number of allylic oxidation sites excluding steroid dienone is 11. The first kappa shape index (κ1) is 25.4. The Labute approximate surface area is 182 Å². The van der Waals surface area contributed by atoms with Crippen molar-refractivity contribution < 1.29 is 9.90 Å². The third kappa shape index (κ3) is 13.5. The predicted molar refractivity (Wildman–Crippen MR) is 129 cm³/mol. The summed E-state index contributed by atoms with van der Waals surface area (Å²) in [6, 6.07) is 0.0661. The summed E-state index contributed by atoms with van der Waals surface area (Å²) in [6.45, 7) is 6.17. The van der Waals surface area contributed by atoms with Crippen LogP contribution in [-0.4, -0.2) is 23.2 Å². The number of amides is 1. The van der Waals surface area contributed by atoms with Gasteiger partial charge in [0.2, 0.25) is 5.91 Å². The molecule has 0 bridgehead atoms. The first-order chi connectivity index (χ1) is 14.5. The van der Waals surface area contributed by atoms with Crippen LogP contribution >= 0.6 is 0 Å². The van der Waals surface area contributed by atoms with Crippen LogP contribution in [-0.2, 0) is 4.79 Å². The second-order valence-electron chi connectivity index (χ2n) is 7.49. The summed E-state index contributed by atoms with van der Waals surface area (Å²) >= 11 is 0. The van der Waals surface area contributed by atoms with Gasteiger partial charge in [0.15, 0.2) is 0 Å². The first-order valence-electron chi connectivity index (χ1n) is 10.8. The lowest BCUT2D eigenvalue weighted by molar-refractivity contribution is -0.117. The van der Waals surface area contributed by atoms with E-state index in [4.69, 9.17) is 0 Å². The molecule has 0 unspecified atom stereocenters. The molecule has 162 valence electrons. The van der Waals surface area contributed by atoms with Gasteiger partial charge >= 0.3 is 0 Å². The van der Waals surface area contributed by atoms with E-state index in [0.29, 0.717) is 6.42 Å². The summed E-state index contributed by atoms with van der Waals surface area (Å²) in [7, 11) is 0. The van der Waals surface area contributed by atoms with Crippen molar-refractivity contribution in [3.8, 4) is 0 Å². The minimum atomic E-state index is -0.516. The fourth-order valence-electron chi connectivity index (χ4n) is 2.73. The Morgan fingerprint density at radius 2 is 1.73 bits per heavy atom. The van der Waals surface area contributed by atoms with Gasteiger partial charge in [-0.15, -0.1) is 0 Å². The highest BCUT2D eigenvalue weighted by Crippen LogP contribution is 2.06. The van der Waals surface area contributed by atoms with E-state index in [9.17, 15) is 9.90 Å². The maximum atomic E-state index is 12.3. The molecular weight excluding hydrogens is 370 g/mol. The number of hydrogen-bond acceptors (Lipinski definition) is 2. The average molecular weight is 408 g/mol. The highest BCUT2D eigenvalue weighted by molar-refractivity contribution is 5.88. The van der Waals surface area contributed by atoms with E-state index in [1.165, 1.54) is 0 Å². The lowest BCUT2D eigenvalue weighted by Crippen LogP contribution is -2.32. The molecule has 0 aliphatic carbocycles. The largest absolute Gasteiger partial charge is 0.389 e. The van der Waals surface area contributed by atoms with Crippen molar-refractivity contribution in [3.63, 3.8) is 0 Å². The molecule has 1 aliphatic heterocycles. The molecule has 0 aromatic rings. The van der Waals surface area contributed by atoms with E-state index in [1.807, 2.05) is 62.5 Å². The Kier molecular flexibility index (Phi) is 13.7. The molecule has 2 atom stereocenters. The lowest BCUT2D eigenvalue weighted by atomic mass is 10.1. The summed E-state index contributed by atoms with van der Waals surface area (Å²) in [6.07, 6.45) is 31.0. The van der Waals surface area contributed by atoms with Gasteiger partial charge in [0.1, 0.15) is 0 Å². The number of carbonyl (C=O) groups is 1. The summed E-state index contributed by atoms with van der Waals surface area (Å²) in [4.78, 5) is 12.3. The van der Waals surface area contributed by atoms with E-state index in [0.717, 1.165) is 36.8 Å². The van der Waals surface area contributed by atoms with Gasteiger partial charge in [-0.1, -0.05) is 103 Å². The third-order valence-corrected chi connectivity index (χ3v) is 4.51. The van der Waals surface area contributed by atoms with Crippen LogP contribution in [0.5, 0.6) is 0 Å². The zero-order valence-corrected chi connectivity index (χ0v) is 18.6. The molecule has 0 saturated carbocycles. The van der Waals surface area contributed by atoms with Crippen LogP contribution in [0, 0.1) is 0 Å². The number of hydrogen-bond donors (Lipinski definition) is 2. The van der Waals surface area contributed by atoms with Crippen LogP contribution in [0.4, 0.5) is 0 Å². The van der Waals surface area contributed by atoms with Gasteiger partial charge in [-0.05, 0) is 39.5 Å². The maximum Gasteiger partial charge on any atom is 0.244 e. The Hall–Kier alpha value is -2.65. The van der Waals surface area contributed by atoms with Crippen LogP contribution in [0.25, 0.3) is 0 Å². The number of rotatable bonds is 4. The Balaban J connectivity index is 2.94. The molecule has 0 radical (unpaired) electrons. The monoisotopic (exact) mass is 407 g/mol. The van der Waals surface area contributed by atoms with E-state index < -0.39 is 6.10 Å². The predicted octanol–water partition coefficient (Wildman–Crippen LogP) is 6.05. The highest BCUT2D eigenvalue weighted by atomic mass is 16.3. The molecule has 3 nitrogen and oxygen atoms in total. The van der Waals surface area contributed by atoms with Crippen molar-refractivity contribution in [3.05, 3.63) is 96.2 Å². The molecule has 3 heteroatoms. The zero-order chi connectivity index (χ0) is 22.0. The van der Waals surface area contributed by atoms with Crippen LogP contribution < -0.4 is 5.32 Å². The van der Waals surface area contributed by atoms with E-state index in [-0.39, 0.29) is 11.9 Å². The normalized spacial score (nSPS) is 30.9. The van der Waals surface area contributed by atoms with Gasteiger partial charge < -0.3 is 10.4 Å². The van der Waals surface area contributed by atoms with Crippen LogP contribution in [0.3, 0.4) is 0 Å². The second kappa shape index (κ2) is 16.2. The Morgan fingerprint density at radius 1 is 1.00 bits per heavy atom. The van der Waals surface area contributed by atoms with E-state index >= 15 is 0 Å². The molecule has 0 fully saturated rings. The van der Waals surface area contributed by atoms with Crippen molar-refractivity contribution in [2.75, 3.05) is 0 Å². The number of aliphatic hydroxyl groups is 1. The Bertz CT molecular complexity index is 745. The minimum absolute atomic E-state index is 0.0661. The van der Waals surface area contributed by atoms with Gasteiger partial charge in [-0.2, -0.15) is 0 Å². The van der Waals surface area contributed by atoms with Crippen molar-refractivity contribution >= 4 is 5.91 Å². The fraction of sp³-hybridized carbons (Fsp3) is 0.370. The van der Waals surface area contributed by atoms with Crippen molar-refractivity contribution in [2.45, 2.75) is 65.0 Å². The molecule has 1 amide bonds. The summed E-state index contributed by atoms with van der Waals surface area (Å²) in [5.41, 5.74) is 2.16. The molecular formula is C27H37NO2. The molecule has 1 rings (SSSR count). The van der Waals surface area contributed by atoms with Crippen LogP contribution in [0.2, 0.25) is 0 Å². The summed E-state index contributed by atoms with van der Waals surface area (Å²) < 4.78 is 0. The molecule has 1 aliphatic rings. The smallest absolute Gasteiger partial charge is 0.244 e. The van der Waals surface area contributed by atoms with E-state index in [2.05, 4.69) is 30.5 Å². The molecule has 1 heterocycles. The maximum absolute atomic E-state index is 12.3. The highest BCUT2D eigenvalue weighted by Gasteiger charge is 2.07. The SMILES string of the molecule is CCC/C=C/C[C@@H]1C/C=C/C=C(C)/C=C/C=C\[C@@H](O)C/C=C(C)/C=C/C=C/C(=O)N1. The molecule has 30 heavy (non-hydrogen) atoms. The minimum Gasteiger partial charge on any atom is -0.389 e. The molecule has 0 spiro atoms. The quantitative estimate of drug-likeness (QED) is 0.558. The average Bonchev–Trinajstić information content (AvgIpc) is 2.72. The zero-order valence-electron chi connectivity index (χ0n) is 18.6. The van der Waals surface area contributed by atoms with Crippen molar-refractivity contribution in [1.82, 2.24) is 5.32 Å². The lowest BCUT2D eigenvalue weighted by Gasteiger charge is -2.14. The van der Waals surface area contributed by atoms with Crippen LogP contribution in [0.1, 0.15) is 52.9 Å². The number of aliphatic hydroxyl groups excluding tert-OH is 1. The summed E-state index contributed by atoms with van der Waals surface area (Å²) in [5, 5.41) is 13.1. The van der Waals surface area contributed by atoms with Crippen molar-refractivity contribution in [1.29, 1.82) is 0 Å². The number of nitrogens with one attached hydrogen (secondary N) is 1. The number of unbranched alkanes of at least 4 members (excludes halogenated alkanes) is 1. The second-order valence-corrected chi connectivity index (χ2v) is 7.49. The van der Waals surface area contributed by atoms with Crippen molar-refractivity contribution in [2.24, 2.45) is 0 Å². The van der Waals surface area contributed by atoms with Gasteiger partial charge in [-0.3, -0.25) is 4.79 Å². The molecule has 0 aromatic heterocycles. The fourth-order valence-corrected chi connectivity index (χ4v) is 2.73. The topological polar surface area (TPSA) is 49.3 Å². The van der Waals surface area contributed by atoms with E-state index in [1.54, 1.807) is 18.2 Å². The first-order valence-corrected chi connectivity index (χ1v) is 10.8. The molecule has 0 saturated heterocycles. The van der Waals surface area contributed by atoms with Gasteiger partial charge in [0.05, 0.1) is 6.10 Å². The van der Waals surface area contributed by atoms with Crippen LogP contribution in [0.15, 0.2) is 96.2 Å². The molecule has 2 N–H and O–H groups in total. The van der Waals surface area contributed by atoms with Gasteiger partial charge in [-0.25, -0.2) is 0 Å². The van der Waals surface area contributed by atoms with Gasteiger partial charge in [0.25, 0.3) is 0 Å². The Morgan fingerprint density at radius 3 is 2.53 bits per heavy atom. The van der Waals surface area contributed by atoms with Gasteiger partial charge in [0, 0.05) is 12.1 Å². The summed E-state index contributed by atoms with van der Waals surface area (Å²) in [5.74, 6) is -0.0896. The standard InChI is InChI=1S/C27H37NO2/c1-4-5-6-7-17-25-18-11-8-14-23(2)15-9-12-19-26(29)22-21-24(3)16-10-13-20-27(30)28-25/h6-16,19-21,25-26,29H,4-5,17-18,22H2,1-3H3,(H,28,30)/b7-6+,11-8+,15-9+,16-10+,19-12-,20-13+,23-14+,24-21+/t25-,26-/m1/s1.